The molecule has 2 aromatic rings. The number of hydrogen-bond donors (Lipinski definition) is 1. The first kappa shape index (κ1) is 17.1. The number of carbonyl (C=O) groups excluding carboxylic acids is 1. The summed E-state index contributed by atoms with van der Waals surface area (Å²) in [5.41, 5.74) is 3.24. The number of anilines is 1. The molecule has 0 aromatic heterocycles. The molecule has 0 saturated carbocycles. The zero-order valence-corrected chi connectivity index (χ0v) is 14.1. The fourth-order valence-electron chi connectivity index (χ4n) is 2.39. The smallest absolute Gasteiger partial charge is 0.224 e. The van der Waals surface area contributed by atoms with Crippen LogP contribution in [-0.2, 0) is 11.2 Å². The van der Waals surface area contributed by atoms with Crippen LogP contribution in [0.25, 0.3) is 0 Å². The maximum absolute atomic E-state index is 12.2. The van der Waals surface area contributed by atoms with Crippen LogP contribution in [0.5, 0.6) is 5.75 Å². The lowest BCUT2D eigenvalue weighted by Gasteiger charge is -2.11. The summed E-state index contributed by atoms with van der Waals surface area (Å²) in [6, 6.07) is 16.0. The van der Waals surface area contributed by atoms with Crippen LogP contribution in [0.1, 0.15) is 44.2 Å². The molecule has 2 aromatic carbocycles. The molecular weight excluding hydrogens is 286 g/mol. The van der Waals surface area contributed by atoms with E-state index >= 15 is 0 Å². The summed E-state index contributed by atoms with van der Waals surface area (Å²) in [7, 11) is 0. The summed E-state index contributed by atoms with van der Waals surface area (Å²) < 4.78 is 5.52. The van der Waals surface area contributed by atoms with Crippen molar-refractivity contribution in [2.45, 2.75) is 39.5 Å². The molecule has 1 N–H and O–H groups in total. The quantitative estimate of drug-likeness (QED) is 0.799. The van der Waals surface area contributed by atoms with Crippen LogP contribution in [0.3, 0.4) is 0 Å². The summed E-state index contributed by atoms with van der Waals surface area (Å²) in [4.78, 5) is 12.2. The van der Waals surface area contributed by atoms with E-state index in [1.165, 1.54) is 11.1 Å². The van der Waals surface area contributed by atoms with Crippen molar-refractivity contribution in [1.82, 2.24) is 0 Å². The highest BCUT2D eigenvalue weighted by atomic mass is 16.5. The molecule has 122 valence electrons. The summed E-state index contributed by atoms with van der Waals surface area (Å²) in [6.07, 6.45) is 1.20. The van der Waals surface area contributed by atoms with Crippen LogP contribution >= 0.6 is 0 Å². The Kier molecular flexibility index (Phi) is 6.21. The van der Waals surface area contributed by atoms with Gasteiger partial charge >= 0.3 is 0 Å². The third-order valence-corrected chi connectivity index (χ3v) is 3.75. The summed E-state index contributed by atoms with van der Waals surface area (Å²) in [5, 5.41) is 2.93. The Bertz CT molecular complexity index is 632. The second-order valence-corrected chi connectivity index (χ2v) is 5.87. The van der Waals surface area contributed by atoms with Crippen molar-refractivity contribution in [2.75, 3.05) is 11.9 Å². The molecular formula is C20H25NO2. The molecule has 2 rings (SSSR count). The fraction of sp³-hybridized carbons (Fsp3) is 0.350. The van der Waals surface area contributed by atoms with Crippen LogP contribution in [0.2, 0.25) is 0 Å². The molecule has 3 nitrogen and oxygen atoms in total. The van der Waals surface area contributed by atoms with E-state index in [0.29, 0.717) is 24.7 Å². The molecule has 0 bridgehead atoms. The molecule has 0 spiro atoms. The predicted octanol–water partition coefficient (Wildman–Crippen LogP) is 4.78. The molecule has 0 aliphatic carbocycles. The monoisotopic (exact) mass is 311 g/mol. The predicted molar refractivity (Wildman–Crippen MR) is 95.1 cm³/mol. The molecule has 0 fully saturated rings. The minimum absolute atomic E-state index is 0.00471. The summed E-state index contributed by atoms with van der Waals surface area (Å²) in [5.74, 6) is 1.25. The van der Waals surface area contributed by atoms with Crippen molar-refractivity contribution >= 4 is 11.6 Å². The number of carbonyl (C=O) groups is 1. The molecule has 0 atom stereocenters. The maximum Gasteiger partial charge on any atom is 0.224 e. The van der Waals surface area contributed by atoms with Gasteiger partial charge in [-0.15, -0.1) is 0 Å². The zero-order chi connectivity index (χ0) is 16.7. The van der Waals surface area contributed by atoms with Crippen molar-refractivity contribution in [1.29, 1.82) is 0 Å². The number of hydrogen-bond acceptors (Lipinski definition) is 2. The van der Waals surface area contributed by atoms with Gasteiger partial charge in [0.1, 0.15) is 5.75 Å². The Morgan fingerprint density at radius 1 is 1.09 bits per heavy atom. The van der Waals surface area contributed by atoms with Crippen LogP contribution in [-0.4, -0.2) is 12.5 Å². The Morgan fingerprint density at radius 3 is 2.43 bits per heavy atom. The highest BCUT2D eigenvalue weighted by Gasteiger charge is 2.08. The lowest BCUT2D eigenvalue weighted by atomic mass is 10.0. The van der Waals surface area contributed by atoms with Crippen LogP contribution in [0.4, 0.5) is 5.69 Å². The van der Waals surface area contributed by atoms with Gasteiger partial charge in [-0.05, 0) is 42.5 Å². The normalized spacial score (nSPS) is 10.6. The van der Waals surface area contributed by atoms with E-state index in [4.69, 9.17) is 4.74 Å². The van der Waals surface area contributed by atoms with Crippen molar-refractivity contribution in [3.8, 4) is 5.75 Å². The lowest BCUT2D eigenvalue weighted by molar-refractivity contribution is -0.116. The number of ether oxygens (including phenoxy) is 1. The third-order valence-electron chi connectivity index (χ3n) is 3.75. The van der Waals surface area contributed by atoms with Gasteiger partial charge in [-0.2, -0.15) is 0 Å². The first-order valence-corrected chi connectivity index (χ1v) is 8.20. The maximum atomic E-state index is 12.2. The Morgan fingerprint density at radius 2 is 1.78 bits per heavy atom. The van der Waals surface area contributed by atoms with Crippen molar-refractivity contribution in [3.63, 3.8) is 0 Å². The van der Waals surface area contributed by atoms with Gasteiger partial charge in [-0.3, -0.25) is 4.79 Å². The van der Waals surface area contributed by atoms with Gasteiger partial charge in [0.25, 0.3) is 0 Å². The average Bonchev–Trinajstić information content (AvgIpc) is 2.55. The number of para-hydroxylation sites is 2. The number of benzene rings is 2. The number of aryl methyl sites for hydroxylation is 1. The first-order valence-electron chi connectivity index (χ1n) is 8.20. The van der Waals surface area contributed by atoms with Gasteiger partial charge in [-0.25, -0.2) is 0 Å². The average molecular weight is 311 g/mol. The second kappa shape index (κ2) is 8.37. The Hall–Kier alpha value is -2.29. The standard InChI is InChI=1S/C20H25NO2/c1-4-23-19-8-6-5-7-18(19)21-20(22)14-11-16-9-12-17(13-10-16)15(2)3/h5-10,12-13,15H,4,11,14H2,1-3H3,(H,21,22). The van der Waals surface area contributed by atoms with Gasteiger partial charge < -0.3 is 10.1 Å². The summed E-state index contributed by atoms with van der Waals surface area (Å²) in [6.45, 7) is 6.87. The lowest BCUT2D eigenvalue weighted by Crippen LogP contribution is -2.13. The van der Waals surface area contributed by atoms with Crippen LogP contribution in [0, 0.1) is 0 Å². The number of nitrogens with one attached hydrogen (secondary N) is 1. The SMILES string of the molecule is CCOc1ccccc1NC(=O)CCc1ccc(C(C)C)cc1. The van der Waals surface area contributed by atoms with Crippen LogP contribution < -0.4 is 10.1 Å². The molecule has 3 heteroatoms. The van der Waals surface area contributed by atoms with Crippen molar-refractivity contribution < 1.29 is 9.53 Å². The van der Waals surface area contributed by atoms with Crippen molar-refractivity contribution in [3.05, 3.63) is 59.7 Å². The van der Waals surface area contributed by atoms with Gasteiger partial charge in [0.2, 0.25) is 5.91 Å². The molecule has 0 aliphatic heterocycles. The highest BCUT2D eigenvalue weighted by molar-refractivity contribution is 5.92. The Balaban J connectivity index is 1.90. The van der Waals surface area contributed by atoms with Crippen molar-refractivity contribution in [2.24, 2.45) is 0 Å². The largest absolute Gasteiger partial charge is 0.492 e. The molecule has 0 saturated heterocycles. The fourth-order valence-corrected chi connectivity index (χ4v) is 2.39. The Labute approximate surface area is 138 Å². The number of amides is 1. The molecule has 0 radical (unpaired) electrons. The highest BCUT2D eigenvalue weighted by Crippen LogP contribution is 2.24. The zero-order valence-electron chi connectivity index (χ0n) is 14.1. The van der Waals surface area contributed by atoms with E-state index < -0.39 is 0 Å². The van der Waals surface area contributed by atoms with Gasteiger partial charge in [0, 0.05) is 6.42 Å². The van der Waals surface area contributed by atoms with Gasteiger partial charge in [-0.1, -0.05) is 50.2 Å². The van der Waals surface area contributed by atoms with E-state index in [0.717, 1.165) is 12.1 Å². The van der Waals surface area contributed by atoms with E-state index in [1.807, 2.05) is 31.2 Å². The minimum atomic E-state index is 0.00471. The molecule has 23 heavy (non-hydrogen) atoms. The molecule has 0 heterocycles. The van der Waals surface area contributed by atoms with E-state index in [1.54, 1.807) is 0 Å². The second-order valence-electron chi connectivity index (χ2n) is 5.87. The van der Waals surface area contributed by atoms with E-state index in [9.17, 15) is 4.79 Å². The topological polar surface area (TPSA) is 38.3 Å². The molecule has 1 amide bonds. The summed E-state index contributed by atoms with van der Waals surface area (Å²) >= 11 is 0. The molecule has 0 aliphatic rings. The minimum Gasteiger partial charge on any atom is -0.492 e. The third kappa shape index (κ3) is 5.13. The number of rotatable bonds is 7. The first-order chi connectivity index (χ1) is 11.1. The molecule has 0 unspecified atom stereocenters. The van der Waals surface area contributed by atoms with Gasteiger partial charge in [0.05, 0.1) is 12.3 Å². The van der Waals surface area contributed by atoms with E-state index in [2.05, 4.69) is 43.4 Å². The van der Waals surface area contributed by atoms with Gasteiger partial charge in [0.15, 0.2) is 0 Å². The van der Waals surface area contributed by atoms with E-state index in [-0.39, 0.29) is 5.91 Å². The van der Waals surface area contributed by atoms with Crippen LogP contribution in [0.15, 0.2) is 48.5 Å².